The van der Waals surface area contributed by atoms with E-state index in [1.807, 2.05) is 54.2 Å². The molecule has 0 saturated heterocycles. The summed E-state index contributed by atoms with van der Waals surface area (Å²) >= 11 is 1.61. The second-order valence-corrected chi connectivity index (χ2v) is 9.00. The second-order valence-electron chi connectivity index (χ2n) is 7.97. The predicted molar refractivity (Wildman–Crippen MR) is 144 cm³/mol. The molecule has 8 heteroatoms. The molecule has 4 aromatic rings. The number of hydrogen-bond donors (Lipinski definition) is 3. The monoisotopic (exact) mass is 500 g/mol. The number of hydrogen-bond acceptors (Lipinski definition) is 7. The Morgan fingerprint density at radius 3 is 2.19 bits per heavy atom. The zero-order valence-electron chi connectivity index (χ0n) is 19.8. The van der Waals surface area contributed by atoms with E-state index >= 15 is 0 Å². The van der Waals surface area contributed by atoms with Gasteiger partial charge in [0, 0.05) is 29.1 Å². The zero-order chi connectivity index (χ0) is 25.2. The lowest BCUT2D eigenvalue weighted by Crippen LogP contribution is -2.18. The third-order valence-corrected chi connectivity index (χ3v) is 6.56. The van der Waals surface area contributed by atoms with Crippen molar-refractivity contribution in [3.63, 3.8) is 0 Å². The van der Waals surface area contributed by atoms with Crippen LogP contribution in [0.2, 0.25) is 0 Å². The van der Waals surface area contributed by atoms with Gasteiger partial charge in [0.25, 0.3) is 0 Å². The van der Waals surface area contributed by atoms with E-state index in [-0.39, 0.29) is 5.84 Å². The van der Waals surface area contributed by atoms with Gasteiger partial charge in [0.05, 0.1) is 23.8 Å². The molecule has 2 aromatic heterocycles. The maximum absolute atomic E-state index is 8.77. The van der Waals surface area contributed by atoms with Crippen LogP contribution in [0.4, 0.5) is 0 Å². The van der Waals surface area contributed by atoms with E-state index in [0.29, 0.717) is 18.8 Å². The highest BCUT2D eigenvalue weighted by molar-refractivity contribution is 7.16. The van der Waals surface area contributed by atoms with Gasteiger partial charge >= 0.3 is 0 Å². The summed E-state index contributed by atoms with van der Waals surface area (Å²) in [6, 6.07) is 19.0. The van der Waals surface area contributed by atoms with Crippen molar-refractivity contribution in [1.82, 2.24) is 15.4 Å². The number of aromatic nitrogens is 2. The van der Waals surface area contributed by atoms with E-state index in [4.69, 9.17) is 25.1 Å². The largest absolute Gasteiger partial charge is 0.494 e. The fourth-order valence-corrected chi connectivity index (χ4v) is 4.47. The van der Waals surface area contributed by atoms with Gasteiger partial charge in [-0.05, 0) is 86.0 Å². The minimum Gasteiger partial charge on any atom is -0.494 e. The Hall–Kier alpha value is -4.01. The molecular weight excluding hydrogens is 472 g/mol. The fraction of sp³-hybridized carbons (Fsp3) is 0.179. The van der Waals surface area contributed by atoms with E-state index in [1.54, 1.807) is 41.8 Å². The molecule has 36 heavy (non-hydrogen) atoms. The number of amidine groups is 1. The van der Waals surface area contributed by atoms with E-state index in [2.05, 4.69) is 11.6 Å². The Labute approximate surface area is 214 Å². The summed E-state index contributed by atoms with van der Waals surface area (Å²) in [7, 11) is 0. The van der Waals surface area contributed by atoms with Crippen LogP contribution in [0.25, 0.3) is 27.9 Å². The molecule has 0 aliphatic carbocycles. The van der Waals surface area contributed by atoms with Gasteiger partial charge in [-0.25, -0.2) is 4.98 Å². The van der Waals surface area contributed by atoms with Gasteiger partial charge in [-0.3, -0.25) is 21.1 Å². The van der Waals surface area contributed by atoms with Crippen molar-refractivity contribution in [2.45, 2.75) is 19.3 Å². The molecule has 0 aliphatic rings. The normalized spacial score (nSPS) is 10.6. The SMILES string of the molecule is C=Cc1sc(-c2cccnc2)nc1-c1ccc(OCCCCCOc2ccc(C(=N)NO)cc2)cc1. The number of nitrogens with zero attached hydrogens (tertiary/aromatic N) is 2. The first-order chi connectivity index (χ1) is 17.7. The minimum absolute atomic E-state index is 0.0456. The maximum atomic E-state index is 8.77. The molecule has 0 fully saturated rings. The lowest BCUT2D eigenvalue weighted by molar-refractivity contribution is 0.234. The summed E-state index contributed by atoms with van der Waals surface area (Å²) in [4.78, 5) is 10.0. The summed E-state index contributed by atoms with van der Waals surface area (Å²) in [5, 5.41) is 17.2. The molecule has 2 heterocycles. The van der Waals surface area contributed by atoms with Gasteiger partial charge < -0.3 is 9.47 Å². The number of unbranched alkanes of at least 4 members (excludes halogenated alkanes) is 2. The van der Waals surface area contributed by atoms with Crippen LogP contribution in [-0.4, -0.2) is 34.2 Å². The van der Waals surface area contributed by atoms with Gasteiger partial charge in [-0.2, -0.15) is 0 Å². The third-order valence-electron chi connectivity index (χ3n) is 5.46. The van der Waals surface area contributed by atoms with Gasteiger partial charge in [-0.1, -0.05) is 6.58 Å². The highest BCUT2D eigenvalue weighted by Gasteiger charge is 2.12. The fourth-order valence-electron chi connectivity index (χ4n) is 3.54. The molecule has 0 aliphatic heterocycles. The number of benzene rings is 2. The van der Waals surface area contributed by atoms with Gasteiger partial charge in [-0.15, -0.1) is 11.3 Å². The summed E-state index contributed by atoms with van der Waals surface area (Å²) in [6.45, 7) is 5.20. The molecule has 0 amide bonds. The molecule has 0 atom stereocenters. The number of ether oxygens (including phenoxy) is 2. The van der Waals surface area contributed by atoms with E-state index in [0.717, 1.165) is 57.5 Å². The predicted octanol–water partition coefficient (Wildman–Crippen LogP) is 6.45. The molecule has 0 radical (unpaired) electrons. The van der Waals surface area contributed by atoms with Crippen molar-refractivity contribution >= 4 is 23.2 Å². The zero-order valence-corrected chi connectivity index (χ0v) is 20.6. The van der Waals surface area contributed by atoms with Crippen LogP contribution in [0, 0.1) is 5.41 Å². The number of hydroxylamine groups is 1. The Balaban J connectivity index is 1.20. The van der Waals surface area contributed by atoms with E-state index in [1.165, 1.54) is 0 Å². The Bertz CT molecular complexity index is 1270. The van der Waals surface area contributed by atoms with Crippen LogP contribution in [0.5, 0.6) is 11.5 Å². The minimum atomic E-state index is -0.0456. The first-order valence-electron chi connectivity index (χ1n) is 11.7. The maximum Gasteiger partial charge on any atom is 0.149 e. The summed E-state index contributed by atoms with van der Waals surface area (Å²) < 4.78 is 11.6. The average Bonchev–Trinajstić information content (AvgIpc) is 3.38. The molecular formula is C28H28N4O3S. The molecule has 0 spiro atoms. The average molecular weight is 501 g/mol. The summed E-state index contributed by atoms with van der Waals surface area (Å²) in [5.74, 6) is 1.53. The molecule has 3 N–H and O–H groups in total. The number of thiazole rings is 1. The second kappa shape index (κ2) is 12.6. The lowest BCUT2D eigenvalue weighted by Gasteiger charge is -2.09. The van der Waals surface area contributed by atoms with Crippen LogP contribution in [0.1, 0.15) is 29.7 Å². The van der Waals surface area contributed by atoms with E-state index in [9.17, 15) is 0 Å². The standard InChI is InChI=1S/C28H28N4O3S/c1-2-25-26(31-28(36-25)22-7-6-16-30-19-22)20-8-12-23(13-9-20)34-17-4-3-5-18-35-24-14-10-21(11-15-24)27(29)32-33/h2,6-16,19,33H,1,3-5,17-18H2,(H2,29,32). The quantitative estimate of drug-likeness (QED) is 0.0895. The van der Waals surface area contributed by atoms with Crippen LogP contribution in [-0.2, 0) is 0 Å². The van der Waals surface area contributed by atoms with Crippen molar-refractivity contribution in [3.05, 3.63) is 90.1 Å². The van der Waals surface area contributed by atoms with Crippen LogP contribution in [0.15, 0.2) is 79.6 Å². The summed E-state index contributed by atoms with van der Waals surface area (Å²) in [6.07, 6.45) is 8.27. The van der Waals surface area contributed by atoms with Crippen LogP contribution >= 0.6 is 11.3 Å². The number of pyridine rings is 1. The smallest absolute Gasteiger partial charge is 0.149 e. The van der Waals surface area contributed by atoms with Crippen molar-refractivity contribution in [2.24, 2.45) is 0 Å². The molecule has 184 valence electrons. The van der Waals surface area contributed by atoms with Crippen LogP contribution in [0.3, 0.4) is 0 Å². The van der Waals surface area contributed by atoms with Crippen molar-refractivity contribution < 1.29 is 14.7 Å². The van der Waals surface area contributed by atoms with Gasteiger partial charge in [0.2, 0.25) is 0 Å². The van der Waals surface area contributed by atoms with Crippen LogP contribution < -0.4 is 15.0 Å². The summed E-state index contributed by atoms with van der Waals surface area (Å²) in [5.41, 5.74) is 5.36. The topological polar surface area (TPSA) is 100 Å². The Kier molecular flexibility index (Phi) is 8.80. The van der Waals surface area contributed by atoms with Crippen molar-refractivity contribution in [3.8, 4) is 33.3 Å². The highest BCUT2D eigenvalue weighted by Crippen LogP contribution is 2.34. The highest BCUT2D eigenvalue weighted by atomic mass is 32.1. The number of rotatable bonds is 12. The number of nitrogens with one attached hydrogen (secondary N) is 2. The Morgan fingerprint density at radius 2 is 1.61 bits per heavy atom. The third kappa shape index (κ3) is 6.56. The first-order valence-corrected chi connectivity index (χ1v) is 12.5. The first kappa shape index (κ1) is 25.1. The van der Waals surface area contributed by atoms with Crippen molar-refractivity contribution in [1.29, 1.82) is 5.41 Å². The molecule has 4 rings (SSSR count). The molecule has 0 unspecified atom stereocenters. The molecule has 7 nitrogen and oxygen atoms in total. The lowest BCUT2D eigenvalue weighted by atomic mass is 10.1. The van der Waals surface area contributed by atoms with Gasteiger partial charge in [0.1, 0.15) is 22.3 Å². The molecule has 0 saturated carbocycles. The van der Waals surface area contributed by atoms with Gasteiger partial charge in [0.15, 0.2) is 0 Å². The Morgan fingerprint density at radius 1 is 0.944 bits per heavy atom. The van der Waals surface area contributed by atoms with Crippen molar-refractivity contribution in [2.75, 3.05) is 13.2 Å². The van der Waals surface area contributed by atoms with E-state index < -0.39 is 0 Å². The molecule has 0 bridgehead atoms. The molecule has 2 aromatic carbocycles.